The van der Waals surface area contributed by atoms with Crippen LogP contribution in [0.1, 0.15) is 48.9 Å². The van der Waals surface area contributed by atoms with E-state index in [0.29, 0.717) is 11.8 Å². The summed E-state index contributed by atoms with van der Waals surface area (Å²) in [6, 6.07) is 17.2. The van der Waals surface area contributed by atoms with Gasteiger partial charge in [-0.15, -0.1) is 0 Å². The van der Waals surface area contributed by atoms with Crippen LogP contribution in [0.15, 0.2) is 66.8 Å². The molecule has 0 nitrogen and oxygen atoms in total. The van der Waals surface area contributed by atoms with E-state index in [9.17, 15) is 0 Å². The molecule has 0 aliphatic rings. The van der Waals surface area contributed by atoms with Crippen molar-refractivity contribution in [1.29, 1.82) is 0 Å². The second kappa shape index (κ2) is 7.97. The Kier molecular flexibility index (Phi) is 5.98. The molecule has 2 unspecified atom stereocenters. The third kappa shape index (κ3) is 4.45. The van der Waals surface area contributed by atoms with Gasteiger partial charge in [0.25, 0.3) is 0 Å². The molecule has 0 aromatic heterocycles. The molecular formula is C23H28. The van der Waals surface area contributed by atoms with Crippen LogP contribution in [0.2, 0.25) is 0 Å². The molecule has 0 radical (unpaired) electrons. The third-order valence-electron chi connectivity index (χ3n) is 4.80. The van der Waals surface area contributed by atoms with Gasteiger partial charge in [-0.3, -0.25) is 0 Å². The Morgan fingerprint density at radius 1 is 0.870 bits per heavy atom. The summed E-state index contributed by atoms with van der Waals surface area (Å²) in [5, 5.41) is 0. The summed E-state index contributed by atoms with van der Waals surface area (Å²) in [4.78, 5) is 0. The Bertz CT molecular complexity index is 703. The van der Waals surface area contributed by atoms with E-state index in [2.05, 4.69) is 101 Å². The van der Waals surface area contributed by atoms with Crippen LogP contribution in [0.3, 0.4) is 0 Å². The fourth-order valence-corrected chi connectivity index (χ4v) is 3.03. The van der Waals surface area contributed by atoms with E-state index < -0.39 is 0 Å². The molecule has 0 bridgehead atoms. The average molecular weight is 304 g/mol. The van der Waals surface area contributed by atoms with Crippen LogP contribution in [0.4, 0.5) is 0 Å². The lowest BCUT2D eigenvalue weighted by atomic mass is 9.86. The molecule has 0 saturated carbocycles. The first-order chi connectivity index (χ1) is 11.0. The van der Waals surface area contributed by atoms with Gasteiger partial charge in [0.05, 0.1) is 0 Å². The van der Waals surface area contributed by atoms with Gasteiger partial charge in [0, 0.05) is 0 Å². The molecule has 23 heavy (non-hydrogen) atoms. The summed E-state index contributed by atoms with van der Waals surface area (Å²) in [7, 11) is 0. The molecule has 120 valence electrons. The van der Waals surface area contributed by atoms with Crippen molar-refractivity contribution in [3.63, 3.8) is 0 Å². The normalized spacial score (nSPS) is 14.9. The molecule has 2 aromatic rings. The number of benzene rings is 2. The summed E-state index contributed by atoms with van der Waals surface area (Å²) in [6.07, 6.45) is 6.75. The van der Waals surface area contributed by atoms with E-state index in [1.807, 2.05) is 0 Å². The molecule has 2 aromatic carbocycles. The van der Waals surface area contributed by atoms with Crippen molar-refractivity contribution in [2.45, 2.75) is 40.5 Å². The number of hydrogen-bond acceptors (Lipinski definition) is 0. The van der Waals surface area contributed by atoms with Gasteiger partial charge in [0.15, 0.2) is 0 Å². The zero-order valence-electron chi connectivity index (χ0n) is 15.0. The molecule has 2 atom stereocenters. The Balaban J connectivity index is 2.09. The molecule has 0 aliphatic carbocycles. The molecule has 0 amide bonds. The second-order valence-corrected chi connectivity index (χ2v) is 6.55. The van der Waals surface area contributed by atoms with Crippen molar-refractivity contribution < 1.29 is 0 Å². The molecule has 0 saturated heterocycles. The zero-order chi connectivity index (χ0) is 16.8. The van der Waals surface area contributed by atoms with Crippen molar-refractivity contribution in [3.8, 4) is 0 Å². The SMILES string of the molecule is C/C(=C\C=C/C(C)C(C)c1ccccc1C)c1ccccc1C. The van der Waals surface area contributed by atoms with Gasteiger partial charge in [-0.05, 0) is 60.4 Å². The monoisotopic (exact) mass is 304 g/mol. The van der Waals surface area contributed by atoms with Crippen LogP contribution in [0.5, 0.6) is 0 Å². The zero-order valence-corrected chi connectivity index (χ0v) is 15.0. The predicted molar refractivity (Wildman–Crippen MR) is 103 cm³/mol. The highest BCUT2D eigenvalue weighted by Crippen LogP contribution is 2.27. The number of aryl methyl sites for hydroxylation is 2. The molecule has 0 fully saturated rings. The lowest BCUT2D eigenvalue weighted by Crippen LogP contribution is -2.05. The van der Waals surface area contributed by atoms with E-state index >= 15 is 0 Å². The maximum absolute atomic E-state index is 2.32. The average Bonchev–Trinajstić information content (AvgIpc) is 2.54. The van der Waals surface area contributed by atoms with Gasteiger partial charge in [0.1, 0.15) is 0 Å². The Labute approximate surface area is 141 Å². The van der Waals surface area contributed by atoms with Crippen LogP contribution in [-0.2, 0) is 0 Å². The van der Waals surface area contributed by atoms with Crippen LogP contribution >= 0.6 is 0 Å². The Morgan fingerprint density at radius 2 is 1.48 bits per heavy atom. The van der Waals surface area contributed by atoms with Gasteiger partial charge in [-0.25, -0.2) is 0 Å². The molecule has 0 spiro atoms. The first-order valence-electron chi connectivity index (χ1n) is 8.47. The molecule has 0 heterocycles. The Hall–Kier alpha value is -2.08. The summed E-state index contributed by atoms with van der Waals surface area (Å²) in [6.45, 7) is 11.2. The summed E-state index contributed by atoms with van der Waals surface area (Å²) >= 11 is 0. The van der Waals surface area contributed by atoms with Crippen molar-refractivity contribution in [2.75, 3.05) is 0 Å². The van der Waals surface area contributed by atoms with Crippen molar-refractivity contribution in [3.05, 3.63) is 89.0 Å². The molecule has 0 heteroatoms. The van der Waals surface area contributed by atoms with E-state index in [-0.39, 0.29) is 0 Å². The minimum Gasteiger partial charge on any atom is -0.0811 e. The number of rotatable bonds is 5. The minimum absolute atomic E-state index is 0.511. The maximum atomic E-state index is 2.32. The van der Waals surface area contributed by atoms with E-state index in [1.165, 1.54) is 27.8 Å². The molecule has 0 aliphatic heterocycles. The van der Waals surface area contributed by atoms with E-state index in [0.717, 1.165) is 0 Å². The molecular weight excluding hydrogens is 276 g/mol. The summed E-state index contributed by atoms with van der Waals surface area (Å²) in [5.74, 6) is 1.04. The number of hydrogen-bond donors (Lipinski definition) is 0. The third-order valence-corrected chi connectivity index (χ3v) is 4.80. The maximum Gasteiger partial charge on any atom is -0.0127 e. The predicted octanol–water partition coefficient (Wildman–Crippen LogP) is 6.70. The van der Waals surface area contributed by atoms with Crippen molar-refractivity contribution in [2.24, 2.45) is 5.92 Å². The van der Waals surface area contributed by atoms with Crippen LogP contribution in [0, 0.1) is 19.8 Å². The van der Waals surface area contributed by atoms with Gasteiger partial charge < -0.3 is 0 Å². The highest BCUT2D eigenvalue weighted by atomic mass is 14.2. The lowest BCUT2D eigenvalue weighted by molar-refractivity contribution is 0.588. The minimum atomic E-state index is 0.511. The van der Waals surface area contributed by atoms with Crippen molar-refractivity contribution >= 4 is 5.57 Å². The van der Waals surface area contributed by atoms with E-state index in [4.69, 9.17) is 0 Å². The van der Waals surface area contributed by atoms with Crippen LogP contribution in [0.25, 0.3) is 5.57 Å². The lowest BCUT2D eigenvalue weighted by Gasteiger charge is -2.19. The van der Waals surface area contributed by atoms with Gasteiger partial charge in [-0.1, -0.05) is 80.6 Å². The summed E-state index contributed by atoms with van der Waals surface area (Å²) < 4.78 is 0. The second-order valence-electron chi connectivity index (χ2n) is 6.55. The number of allylic oxidation sites excluding steroid dienone is 4. The largest absolute Gasteiger partial charge is 0.0811 e. The van der Waals surface area contributed by atoms with Crippen molar-refractivity contribution in [1.82, 2.24) is 0 Å². The molecule has 2 rings (SSSR count). The topological polar surface area (TPSA) is 0 Å². The van der Waals surface area contributed by atoms with Gasteiger partial charge in [-0.2, -0.15) is 0 Å². The Morgan fingerprint density at radius 3 is 2.13 bits per heavy atom. The highest BCUT2D eigenvalue weighted by Gasteiger charge is 2.13. The first kappa shape index (κ1) is 17.3. The van der Waals surface area contributed by atoms with Gasteiger partial charge >= 0.3 is 0 Å². The van der Waals surface area contributed by atoms with Crippen LogP contribution in [-0.4, -0.2) is 0 Å². The fraction of sp³-hybridized carbons (Fsp3) is 0.304. The molecule has 0 N–H and O–H groups in total. The van der Waals surface area contributed by atoms with Crippen LogP contribution < -0.4 is 0 Å². The fourth-order valence-electron chi connectivity index (χ4n) is 3.03. The summed E-state index contributed by atoms with van der Waals surface area (Å²) in [5.41, 5.74) is 6.80. The van der Waals surface area contributed by atoms with E-state index in [1.54, 1.807) is 0 Å². The smallest absolute Gasteiger partial charge is 0.0127 e. The van der Waals surface area contributed by atoms with Gasteiger partial charge in [0.2, 0.25) is 0 Å². The standard InChI is InChI=1S/C23H28/c1-17(21(5)23-16-9-7-12-20(23)4)13-10-14-19(3)22-15-8-6-11-18(22)2/h6-17,21H,1-5H3/b13-10-,19-14+. The quantitative estimate of drug-likeness (QED) is 0.539. The highest BCUT2D eigenvalue weighted by molar-refractivity contribution is 5.67. The first-order valence-corrected chi connectivity index (χ1v) is 8.47.